The summed E-state index contributed by atoms with van der Waals surface area (Å²) >= 11 is 6.45. The number of fused-ring (bicyclic) bond motifs is 1. The zero-order valence-corrected chi connectivity index (χ0v) is 13.4. The van der Waals surface area contributed by atoms with Crippen LogP contribution < -0.4 is 5.01 Å². The molecule has 1 aliphatic carbocycles. The van der Waals surface area contributed by atoms with Crippen LogP contribution in [0.2, 0.25) is 5.02 Å². The molecule has 2 aliphatic heterocycles. The molecule has 1 aromatic rings. The molecule has 6 heteroatoms. The molecular formula is C16H21ClN4O. The average molecular weight is 321 g/mol. The number of nitrogens with zero attached hydrogens (tertiary/aromatic N) is 4. The van der Waals surface area contributed by atoms with Crippen LogP contribution in [0.25, 0.3) is 0 Å². The Morgan fingerprint density at radius 2 is 2.00 bits per heavy atom. The highest BCUT2D eigenvalue weighted by Crippen LogP contribution is 2.47. The number of benzene rings is 1. The summed E-state index contributed by atoms with van der Waals surface area (Å²) in [5.74, 6) is 0. The third-order valence-corrected chi connectivity index (χ3v) is 5.41. The zero-order chi connectivity index (χ0) is 15.0. The fourth-order valence-electron chi connectivity index (χ4n) is 4.04. The topological polar surface area (TPSA) is 40.4 Å². The summed E-state index contributed by atoms with van der Waals surface area (Å²) in [6.07, 6.45) is 4.61. The van der Waals surface area contributed by atoms with Crippen LogP contribution in [-0.2, 0) is 4.74 Å². The van der Waals surface area contributed by atoms with Gasteiger partial charge in [0, 0.05) is 13.1 Å². The summed E-state index contributed by atoms with van der Waals surface area (Å²) in [4.78, 5) is 2.52. The van der Waals surface area contributed by atoms with E-state index in [1.165, 1.54) is 12.8 Å². The standard InChI is InChI=1S/C16H21ClN4O/c17-13-5-1-2-6-14(13)21-16(20-9-11-22-12-10-20)8-4-3-7-15(16)18-19-21/h1-2,5-6,15H,3-4,7-12H2. The molecular weight excluding hydrogens is 300 g/mol. The van der Waals surface area contributed by atoms with E-state index in [0.717, 1.165) is 49.9 Å². The minimum atomic E-state index is -0.160. The van der Waals surface area contributed by atoms with Gasteiger partial charge in [0.2, 0.25) is 0 Å². The Bertz CT molecular complexity index is 575. The molecule has 0 N–H and O–H groups in total. The van der Waals surface area contributed by atoms with E-state index in [0.29, 0.717) is 0 Å². The van der Waals surface area contributed by atoms with E-state index in [4.69, 9.17) is 16.3 Å². The van der Waals surface area contributed by atoms with Gasteiger partial charge in [-0.3, -0.25) is 4.90 Å². The second kappa shape index (κ2) is 5.80. The molecule has 2 fully saturated rings. The van der Waals surface area contributed by atoms with Gasteiger partial charge in [0.05, 0.1) is 23.9 Å². The van der Waals surface area contributed by atoms with Crippen LogP contribution in [0.1, 0.15) is 25.7 Å². The first-order valence-electron chi connectivity index (χ1n) is 8.11. The van der Waals surface area contributed by atoms with Crippen molar-refractivity contribution in [3.8, 4) is 0 Å². The Balaban J connectivity index is 1.76. The molecule has 2 heterocycles. The molecule has 0 radical (unpaired) electrons. The Morgan fingerprint density at radius 3 is 2.82 bits per heavy atom. The Morgan fingerprint density at radius 1 is 1.18 bits per heavy atom. The molecule has 0 aromatic heterocycles. The van der Waals surface area contributed by atoms with Gasteiger partial charge >= 0.3 is 0 Å². The number of ether oxygens (including phenoxy) is 1. The molecule has 0 bridgehead atoms. The smallest absolute Gasteiger partial charge is 0.142 e. The number of anilines is 1. The van der Waals surface area contributed by atoms with E-state index >= 15 is 0 Å². The van der Waals surface area contributed by atoms with E-state index in [2.05, 4.69) is 20.2 Å². The lowest BCUT2D eigenvalue weighted by atomic mass is 9.82. The molecule has 2 atom stereocenters. The molecule has 4 rings (SSSR count). The largest absolute Gasteiger partial charge is 0.379 e. The zero-order valence-electron chi connectivity index (χ0n) is 12.6. The first-order valence-corrected chi connectivity index (χ1v) is 8.48. The molecule has 3 aliphatic rings. The highest BCUT2D eigenvalue weighted by atomic mass is 35.5. The van der Waals surface area contributed by atoms with Crippen LogP contribution >= 0.6 is 11.6 Å². The molecule has 0 spiro atoms. The third kappa shape index (κ3) is 2.14. The van der Waals surface area contributed by atoms with Gasteiger partial charge < -0.3 is 4.74 Å². The van der Waals surface area contributed by atoms with Gasteiger partial charge in [0.1, 0.15) is 11.7 Å². The minimum absolute atomic E-state index is 0.160. The highest BCUT2D eigenvalue weighted by Gasteiger charge is 2.54. The van der Waals surface area contributed by atoms with Gasteiger partial charge in [-0.05, 0) is 31.4 Å². The summed E-state index contributed by atoms with van der Waals surface area (Å²) in [5, 5.41) is 12.0. The molecule has 1 aromatic carbocycles. The maximum absolute atomic E-state index is 6.45. The van der Waals surface area contributed by atoms with Crippen molar-refractivity contribution < 1.29 is 4.74 Å². The van der Waals surface area contributed by atoms with Crippen molar-refractivity contribution in [2.75, 3.05) is 31.3 Å². The van der Waals surface area contributed by atoms with Crippen molar-refractivity contribution in [2.45, 2.75) is 37.4 Å². The maximum Gasteiger partial charge on any atom is 0.142 e. The number of para-hydroxylation sites is 1. The first-order chi connectivity index (χ1) is 10.8. The van der Waals surface area contributed by atoms with Crippen molar-refractivity contribution in [3.05, 3.63) is 29.3 Å². The van der Waals surface area contributed by atoms with Crippen molar-refractivity contribution >= 4 is 17.3 Å². The Labute approximate surface area is 135 Å². The van der Waals surface area contributed by atoms with E-state index < -0.39 is 0 Å². The minimum Gasteiger partial charge on any atom is -0.379 e. The predicted octanol–water partition coefficient (Wildman–Crippen LogP) is 3.50. The summed E-state index contributed by atoms with van der Waals surface area (Å²) in [5.41, 5.74) is 0.802. The molecule has 1 saturated heterocycles. The lowest BCUT2D eigenvalue weighted by molar-refractivity contribution is -0.0389. The van der Waals surface area contributed by atoms with Gasteiger partial charge in [-0.25, -0.2) is 5.01 Å². The van der Waals surface area contributed by atoms with Crippen molar-refractivity contribution in [2.24, 2.45) is 10.3 Å². The van der Waals surface area contributed by atoms with Crippen molar-refractivity contribution in [3.63, 3.8) is 0 Å². The fraction of sp³-hybridized carbons (Fsp3) is 0.625. The number of hydrogen-bond acceptors (Lipinski definition) is 5. The van der Waals surface area contributed by atoms with E-state index in [-0.39, 0.29) is 11.7 Å². The Kier molecular flexibility index (Phi) is 3.80. The summed E-state index contributed by atoms with van der Waals surface area (Å²) < 4.78 is 5.55. The molecule has 118 valence electrons. The van der Waals surface area contributed by atoms with Crippen molar-refractivity contribution in [1.82, 2.24) is 4.90 Å². The number of morpholine rings is 1. The second-order valence-corrected chi connectivity index (χ2v) is 6.61. The second-order valence-electron chi connectivity index (χ2n) is 6.21. The number of halogens is 1. The summed E-state index contributed by atoms with van der Waals surface area (Å²) in [6.45, 7) is 3.43. The number of hydrogen-bond donors (Lipinski definition) is 0. The molecule has 0 amide bonds. The van der Waals surface area contributed by atoms with Gasteiger partial charge in [0.25, 0.3) is 0 Å². The summed E-state index contributed by atoms with van der Waals surface area (Å²) in [6, 6.07) is 8.17. The predicted molar refractivity (Wildman–Crippen MR) is 86.2 cm³/mol. The molecule has 2 unspecified atom stereocenters. The average Bonchev–Trinajstić information content (AvgIpc) is 2.97. The molecule has 1 saturated carbocycles. The van der Waals surface area contributed by atoms with E-state index in [1.807, 2.05) is 24.3 Å². The van der Waals surface area contributed by atoms with Crippen LogP contribution in [0, 0.1) is 0 Å². The maximum atomic E-state index is 6.45. The van der Waals surface area contributed by atoms with E-state index in [9.17, 15) is 0 Å². The first kappa shape index (κ1) is 14.4. The van der Waals surface area contributed by atoms with Gasteiger partial charge in [-0.1, -0.05) is 35.4 Å². The fourth-order valence-corrected chi connectivity index (χ4v) is 4.26. The molecule has 5 nitrogen and oxygen atoms in total. The lowest BCUT2D eigenvalue weighted by Gasteiger charge is -2.51. The van der Waals surface area contributed by atoms with E-state index in [1.54, 1.807) is 0 Å². The van der Waals surface area contributed by atoms with Crippen LogP contribution in [0.3, 0.4) is 0 Å². The van der Waals surface area contributed by atoms with Crippen LogP contribution in [0.5, 0.6) is 0 Å². The SMILES string of the molecule is Clc1ccccc1N1N=NC2CCCCC21N1CCOCC1. The van der Waals surface area contributed by atoms with Crippen LogP contribution in [0.4, 0.5) is 5.69 Å². The highest BCUT2D eigenvalue weighted by molar-refractivity contribution is 6.33. The third-order valence-electron chi connectivity index (χ3n) is 5.09. The Hall–Kier alpha value is -1.17. The van der Waals surface area contributed by atoms with Gasteiger partial charge in [-0.15, -0.1) is 0 Å². The van der Waals surface area contributed by atoms with Gasteiger partial charge in [0.15, 0.2) is 0 Å². The quantitative estimate of drug-likeness (QED) is 0.837. The van der Waals surface area contributed by atoms with Crippen molar-refractivity contribution in [1.29, 1.82) is 0 Å². The van der Waals surface area contributed by atoms with Crippen LogP contribution in [0.15, 0.2) is 34.6 Å². The number of rotatable bonds is 2. The van der Waals surface area contributed by atoms with Crippen LogP contribution in [-0.4, -0.2) is 42.9 Å². The van der Waals surface area contributed by atoms with Gasteiger partial charge in [-0.2, -0.15) is 5.11 Å². The summed E-state index contributed by atoms with van der Waals surface area (Å²) in [7, 11) is 0. The lowest BCUT2D eigenvalue weighted by Crippen LogP contribution is -2.66. The monoisotopic (exact) mass is 320 g/mol. The molecule has 22 heavy (non-hydrogen) atoms. The normalized spacial score (nSPS) is 32.2.